The molecule has 0 amide bonds. The summed E-state index contributed by atoms with van der Waals surface area (Å²) in [5.74, 6) is -4.34. The third kappa shape index (κ3) is 3.74. The molecule has 1 rings (SSSR count). The number of nitrogens with one attached hydrogen (secondary N) is 1. The minimum absolute atomic E-state index is 0.0740. The first kappa shape index (κ1) is 14.1. The van der Waals surface area contributed by atoms with E-state index in [1.807, 2.05) is 0 Å². The van der Waals surface area contributed by atoms with Gasteiger partial charge in [0.1, 0.15) is 5.75 Å². The van der Waals surface area contributed by atoms with Gasteiger partial charge in [-0.05, 0) is 6.07 Å². The van der Waals surface area contributed by atoms with Gasteiger partial charge in [0.05, 0.1) is 11.6 Å². The van der Waals surface area contributed by atoms with Crippen molar-refractivity contribution in [3.05, 3.63) is 28.8 Å². The summed E-state index contributed by atoms with van der Waals surface area (Å²) in [6.45, 7) is -1.34. The number of aromatic hydroxyl groups is 1. The van der Waals surface area contributed by atoms with Crippen LogP contribution in [0.2, 0.25) is 5.02 Å². The molecular formula is C10H10ClF4NO. The fourth-order valence-electron chi connectivity index (χ4n) is 1.14. The van der Waals surface area contributed by atoms with Crippen LogP contribution in [-0.2, 0) is 6.54 Å². The average molecular weight is 272 g/mol. The summed E-state index contributed by atoms with van der Waals surface area (Å²) in [6.07, 6.45) is -3.72. The lowest BCUT2D eigenvalue weighted by Crippen LogP contribution is -2.38. The number of phenolic OH excluding ortho intramolecular Hbond substituents is 1. The van der Waals surface area contributed by atoms with E-state index in [0.29, 0.717) is 0 Å². The van der Waals surface area contributed by atoms with Crippen LogP contribution in [0.1, 0.15) is 5.56 Å². The maximum absolute atomic E-state index is 12.5. The van der Waals surface area contributed by atoms with E-state index in [2.05, 4.69) is 5.32 Å². The first-order valence-electron chi connectivity index (χ1n) is 4.67. The van der Waals surface area contributed by atoms with E-state index >= 15 is 0 Å². The van der Waals surface area contributed by atoms with Crippen LogP contribution in [0.5, 0.6) is 5.75 Å². The molecular weight excluding hydrogens is 262 g/mol. The summed E-state index contributed by atoms with van der Waals surface area (Å²) in [4.78, 5) is 0. The number of benzene rings is 1. The van der Waals surface area contributed by atoms with Crippen LogP contribution in [0.15, 0.2) is 18.2 Å². The predicted molar refractivity (Wildman–Crippen MR) is 55.8 cm³/mol. The van der Waals surface area contributed by atoms with Gasteiger partial charge in [0, 0.05) is 12.1 Å². The minimum atomic E-state index is -4.09. The Hall–Kier alpha value is -1.01. The summed E-state index contributed by atoms with van der Waals surface area (Å²) in [6, 6.07) is 4.40. The summed E-state index contributed by atoms with van der Waals surface area (Å²) in [5, 5.41) is 11.6. The lowest BCUT2D eigenvalue weighted by molar-refractivity contribution is -0.125. The molecule has 0 aromatic heterocycles. The Morgan fingerprint density at radius 3 is 2.59 bits per heavy atom. The van der Waals surface area contributed by atoms with Crippen LogP contribution in [0.25, 0.3) is 0 Å². The topological polar surface area (TPSA) is 32.3 Å². The van der Waals surface area contributed by atoms with Crippen LogP contribution in [0.4, 0.5) is 17.6 Å². The molecule has 2 nitrogen and oxygen atoms in total. The molecule has 17 heavy (non-hydrogen) atoms. The van der Waals surface area contributed by atoms with Gasteiger partial charge in [0.25, 0.3) is 0 Å². The predicted octanol–water partition coefficient (Wildman–Crippen LogP) is 3.04. The lowest BCUT2D eigenvalue weighted by Gasteiger charge is -2.16. The fourth-order valence-corrected chi connectivity index (χ4v) is 1.34. The third-order valence-corrected chi connectivity index (χ3v) is 2.37. The Morgan fingerprint density at radius 1 is 1.35 bits per heavy atom. The van der Waals surface area contributed by atoms with Crippen molar-refractivity contribution in [3.8, 4) is 5.75 Å². The first-order valence-corrected chi connectivity index (χ1v) is 5.05. The molecule has 1 aromatic rings. The Balaban J connectivity index is 2.55. The molecule has 0 radical (unpaired) electrons. The lowest BCUT2D eigenvalue weighted by atomic mass is 10.2. The van der Waals surface area contributed by atoms with Crippen LogP contribution in [0, 0.1) is 0 Å². The fraction of sp³-hybridized carbons (Fsp3) is 0.400. The number of alkyl halides is 4. The summed E-state index contributed by atoms with van der Waals surface area (Å²) in [7, 11) is 0. The summed E-state index contributed by atoms with van der Waals surface area (Å²) in [5.41, 5.74) is 0.266. The van der Waals surface area contributed by atoms with Crippen molar-refractivity contribution in [1.82, 2.24) is 5.32 Å². The van der Waals surface area contributed by atoms with Crippen molar-refractivity contribution in [1.29, 1.82) is 0 Å². The van der Waals surface area contributed by atoms with E-state index in [-0.39, 0.29) is 22.9 Å². The second-order valence-electron chi connectivity index (χ2n) is 3.41. The van der Waals surface area contributed by atoms with Crippen molar-refractivity contribution >= 4 is 11.6 Å². The highest BCUT2D eigenvalue weighted by Crippen LogP contribution is 2.27. The Labute approximate surface area is 100 Å². The quantitative estimate of drug-likeness (QED) is 0.807. The van der Waals surface area contributed by atoms with Gasteiger partial charge in [-0.15, -0.1) is 0 Å². The minimum Gasteiger partial charge on any atom is -0.506 e. The zero-order valence-electron chi connectivity index (χ0n) is 8.56. The molecule has 0 aliphatic carbocycles. The van der Waals surface area contributed by atoms with Crippen molar-refractivity contribution < 1.29 is 22.7 Å². The molecule has 96 valence electrons. The van der Waals surface area contributed by atoms with Gasteiger partial charge in [0.15, 0.2) is 0 Å². The normalized spacial score (nSPS) is 12.1. The third-order valence-electron chi connectivity index (χ3n) is 2.07. The van der Waals surface area contributed by atoms with Crippen LogP contribution < -0.4 is 5.32 Å². The van der Waals surface area contributed by atoms with Crippen LogP contribution in [0.3, 0.4) is 0 Å². The molecule has 0 fully saturated rings. The summed E-state index contributed by atoms with van der Waals surface area (Å²) < 4.78 is 48.7. The van der Waals surface area contributed by atoms with Gasteiger partial charge < -0.3 is 10.4 Å². The zero-order valence-corrected chi connectivity index (χ0v) is 9.32. The van der Waals surface area contributed by atoms with Gasteiger partial charge in [-0.2, -0.15) is 8.78 Å². The van der Waals surface area contributed by atoms with Crippen LogP contribution >= 0.6 is 11.6 Å². The molecule has 1 aromatic carbocycles. The molecule has 0 atom stereocenters. The second kappa shape index (κ2) is 5.55. The standard InChI is InChI=1S/C10H10ClF4NO/c11-7-3-1-2-6(8(7)17)4-16-5-10(14,15)9(12)13/h1-3,9,16-17H,4-5H2. The highest BCUT2D eigenvalue weighted by Gasteiger charge is 2.39. The maximum atomic E-state index is 12.5. The number of para-hydroxylation sites is 1. The van der Waals surface area contributed by atoms with Gasteiger partial charge >= 0.3 is 12.3 Å². The van der Waals surface area contributed by atoms with Crippen LogP contribution in [-0.4, -0.2) is 24.0 Å². The summed E-state index contributed by atoms with van der Waals surface area (Å²) >= 11 is 5.59. The molecule has 0 bridgehead atoms. The molecule has 2 N–H and O–H groups in total. The molecule has 7 heteroatoms. The van der Waals surface area contributed by atoms with E-state index < -0.39 is 18.9 Å². The van der Waals surface area contributed by atoms with Crippen molar-refractivity contribution in [2.45, 2.75) is 18.9 Å². The second-order valence-corrected chi connectivity index (χ2v) is 3.82. The van der Waals surface area contributed by atoms with Crippen molar-refractivity contribution in [2.75, 3.05) is 6.54 Å². The smallest absolute Gasteiger partial charge is 0.319 e. The van der Waals surface area contributed by atoms with E-state index in [0.717, 1.165) is 0 Å². The number of rotatable bonds is 5. The molecule has 0 saturated heterocycles. The molecule has 0 saturated carbocycles. The Kier molecular flexibility index (Phi) is 4.59. The Bertz CT molecular complexity index is 387. The largest absolute Gasteiger partial charge is 0.506 e. The first-order chi connectivity index (χ1) is 7.84. The SMILES string of the molecule is Oc1c(Cl)cccc1CNCC(F)(F)C(F)F. The van der Waals surface area contributed by atoms with E-state index in [4.69, 9.17) is 11.6 Å². The highest BCUT2D eigenvalue weighted by molar-refractivity contribution is 6.32. The number of halogens is 5. The van der Waals surface area contributed by atoms with Gasteiger partial charge in [-0.25, -0.2) is 8.78 Å². The zero-order chi connectivity index (χ0) is 13.1. The molecule has 0 aliphatic heterocycles. The Morgan fingerprint density at radius 2 is 2.00 bits per heavy atom. The molecule has 0 unspecified atom stereocenters. The van der Waals surface area contributed by atoms with Gasteiger partial charge in [0.2, 0.25) is 0 Å². The highest BCUT2D eigenvalue weighted by atomic mass is 35.5. The molecule has 0 aliphatic rings. The molecule has 0 spiro atoms. The van der Waals surface area contributed by atoms with Crippen molar-refractivity contribution in [2.24, 2.45) is 0 Å². The average Bonchev–Trinajstić information content (AvgIpc) is 2.24. The molecule has 0 heterocycles. The monoisotopic (exact) mass is 271 g/mol. The van der Waals surface area contributed by atoms with E-state index in [1.165, 1.54) is 18.2 Å². The van der Waals surface area contributed by atoms with Crippen molar-refractivity contribution in [3.63, 3.8) is 0 Å². The maximum Gasteiger partial charge on any atom is 0.319 e. The number of hydrogen-bond acceptors (Lipinski definition) is 2. The number of hydrogen-bond donors (Lipinski definition) is 2. The van der Waals surface area contributed by atoms with Gasteiger partial charge in [-0.1, -0.05) is 23.7 Å². The van der Waals surface area contributed by atoms with E-state index in [1.54, 1.807) is 0 Å². The van der Waals surface area contributed by atoms with E-state index in [9.17, 15) is 22.7 Å². The van der Waals surface area contributed by atoms with Gasteiger partial charge in [-0.3, -0.25) is 0 Å². The number of phenols is 1.